The highest BCUT2D eigenvalue weighted by atomic mass is 16.5. The largest absolute Gasteiger partial charge is 0.493 e. The van der Waals surface area contributed by atoms with E-state index in [2.05, 4.69) is 4.98 Å². The first-order valence-corrected chi connectivity index (χ1v) is 6.51. The molecule has 19 heavy (non-hydrogen) atoms. The molecule has 0 amide bonds. The molecule has 0 bridgehead atoms. The standard InChI is InChI=1S/C15H20N2O2/c1-12(18)11-13-3-5-14(6-4-13)19-10-7-15-16-8-9-17(15)2/h3-6,8-9,12,18H,7,10-11H2,1-2H3. The second kappa shape index (κ2) is 6.38. The molecule has 0 aliphatic heterocycles. The molecule has 0 saturated heterocycles. The topological polar surface area (TPSA) is 47.3 Å². The Hall–Kier alpha value is -1.81. The zero-order chi connectivity index (χ0) is 13.7. The third-order valence-electron chi connectivity index (χ3n) is 2.97. The minimum Gasteiger partial charge on any atom is -0.493 e. The third-order valence-corrected chi connectivity index (χ3v) is 2.97. The van der Waals surface area contributed by atoms with Crippen LogP contribution in [-0.2, 0) is 19.9 Å². The van der Waals surface area contributed by atoms with Gasteiger partial charge in [0.2, 0.25) is 0 Å². The van der Waals surface area contributed by atoms with Gasteiger partial charge in [0.15, 0.2) is 0 Å². The second-order valence-corrected chi connectivity index (χ2v) is 4.75. The van der Waals surface area contributed by atoms with E-state index in [0.29, 0.717) is 13.0 Å². The molecule has 1 unspecified atom stereocenters. The van der Waals surface area contributed by atoms with Crippen LogP contribution in [0.25, 0.3) is 0 Å². The van der Waals surface area contributed by atoms with E-state index in [0.717, 1.165) is 23.6 Å². The van der Waals surface area contributed by atoms with Gasteiger partial charge in [0, 0.05) is 25.9 Å². The van der Waals surface area contributed by atoms with Crippen LogP contribution in [0.3, 0.4) is 0 Å². The second-order valence-electron chi connectivity index (χ2n) is 4.75. The molecule has 1 aromatic heterocycles. The van der Waals surface area contributed by atoms with E-state index in [-0.39, 0.29) is 6.10 Å². The van der Waals surface area contributed by atoms with Crippen molar-refractivity contribution in [2.24, 2.45) is 7.05 Å². The Kier molecular flexibility index (Phi) is 4.58. The molecule has 0 fully saturated rings. The lowest BCUT2D eigenvalue weighted by atomic mass is 10.1. The van der Waals surface area contributed by atoms with Gasteiger partial charge in [-0.1, -0.05) is 12.1 Å². The van der Waals surface area contributed by atoms with Crippen molar-refractivity contribution in [1.82, 2.24) is 9.55 Å². The SMILES string of the molecule is CC(O)Cc1ccc(OCCc2nccn2C)cc1. The number of aliphatic hydroxyl groups is 1. The minimum atomic E-state index is -0.310. The van der Waals surface area contributed by atoms with Crippen LogP contribution in [-0.4, -0.2) is 27.4 Å². The van der Waals surface area contributed by atoms with Gasteiger partial charge in [0.25, 0.3) is 0 Å². The van der Waals surface area contributed by atoms with Crippen molar-refractivity contribution >= 4 is 0 Å². The van der Waals surface area contributed by atoms with E-state index >= 15 is 0 Å². The van der Waals surface area contributed by atoms with Crippen molar-refractivity contribution in [2.45, 2.75) is 25.9 Å². The molecule has 4 nitrogen and oxygen atoms in total. The molecule has 1 N–H and O–H groups in total. The van der Waals surface area contributed by atoms with Crippen molar-refractivity contribution in [1.29, 1.82) is 0 Å². The van der Waals surface area contributed by atoms with E-state index in [1.54, 1.807) is 13.1 Å². The van der Waals surface area contributed by atoms with E-state index in [1.807, 2.05) is 42.1 Å². The van der Waals surface area contributed by atoms with Gasteiger partial charge in [0.05, 0.1) is 12.7 Å². The predicted octanol–water partition coefficient (Wildman–Crippen LogP) is 1.96. The van der Waals surface area contributed by atoms with E-state index in [4.69, 9.17) is 4.74 Å². The average molecular weight is 260 g/mol. The van der Waals surface area contributed by atoms with Gasteiger partial charge in [-0.15, -0.1) is 0 Å². The fourth-order valence-electron chi connectivity index (χ4n) is 1.96. The monoisotopic (exact) mass is 260 g/mol. The van der Waals surface area contributed by atoms with Gasteiger partial charge in [-0.2, -0.15) is 0 Å². The Bertz CT molecular complexity index is 503. The Morgan fingerprint density at radius 1 is 1.32 bits per heavy atom. The van der Waals surface area contributed by atoms with Gasteiger partial charge in [0.1, 0.15) is 11.6 Å². The van der Waals surface area contributed by atoms with Crippen LogP contribution in [0.5, 0.6) is 5.75 Å². The molecule has 1 atom stereocenters. The molecule has 0 radical (unpaired) electrons. The number of benzene rings is 1. The number of hydrogen-bond acceptors (Lipinski definition) is 3. The Labute approximate surface area is 113 Å². The summed E-state index contributed by atoms with van der Waals surface area (Å²) in [5, 5.41) is 9.31. The molecule has 0 aliphatic rings. The fourth-order valence-corrected chi connectivity index (χ4v) is 1.96. The summed E-state index contributed by atoms with van der Waals surface area (Å²) in [7, 11) is 1.98. The maximum atomic E-state index is 9.31. The highest BCUT2D eigenvalue weighted by Crippen LogP contribution is 2.13. The molecule has 4 heteroatoms. The lowest BCUT2D eigenvalue weighted by Gasteiger charge is -2.08. The molecular weight excluding hydrogens is 240 g/mol. The first-order valence-electron chi connectivity index (χ1n) is 6.51. The summed E-state index contributed by atoms with van der Waals surface area (Å²) >= 11 is 0. The maximum absolute atomic E-state index is 9.31. The lowest BCUT2D eigenvalue weighted by molar-refractivity contribution is 0.195. The smallest absolute Gasteiger partial charge is 0.119 e. The summed E-state index contributed by atoms with van der Waals surface area (Å²) in [5.41, 5.74) is 1.12. The van der Waals surface area contributed by atoms with Crippen LogP contribution >= 0.6 is 0 Å². The maximum Gasteiger partial charge on any atom is 0.119 e. The Balaban J connectivity index is 1.81. The highest BCUT2D eigenvalue weighted by Gasteiger charge is 2.01. The van der Waals surface area contributed by atoms with Gasteiger partial charge >= 0.3 is 0 Å². The molecule has 1 aromatic carbocycles. The van der Waals surface area contributed by atoms with E-state index in [9.17, 15) is 5.11 Å². The molecule has 102 valence electrons. The van der Waals surface area contributed by atoms with Crippen molar-refractivity contribution in [2.75, 3.05) is 6.61 Å². The number of ether oxygens (including phenoxy) is 1. The minimum absolute atomic E-state index is 0.310. The van der Waals surface area contributed by atoms with Gasteiger partial charge in [-0.05, 0) is 31.0 Å². The third kappa shape index (κ3) is 4.10. The van der Waals surface area contributed by atoms with Crippen LogP contribution in [0, 0.1) is 0 Å². The predicted molar refractivity (Wildman–Crippen MR) is 74.2 cm³/mol. The van der Waals surface area contributed by atoms with Crippen molar-refractivity contribution in [3.63, 3.8) is 0 Å². The summed E-state index contributed by atoms with van der Waals surface area (Å²) in [6, 6.07) is 7.86. The fraction of sp³-hybridized carbons (Fsp3) is 0.400. The van der Waals surface area contributed by atoms with Crippen molar-refractivity contribution in [3.05, 3.63) is 48.0 Å². The van der Waals surface area contributed by atoms with Crippen molar-refractivity contribution in [3.8, 4) is 5.75 Å². The van der Waals surface area contributed by atoms with Crippen LogP contribution < -0.4 is 4.74 Å². The number of hydrogen-bond donors (Lipinski definition) is 1. The Morgan fingerprint density at radius 2 is 2.05 bits per heavy atom. The first-order chi connectivity index (χ1) is 9.15. The quantitative estimate of drug-likeness (QED) is 0.863. The molecule has 2 aromatic rings. The lowest BCUT2D eigenvalue weighted by Crippen LogP contribution is -2.06. The first kappa shape index (κ1) is 13.6. The molecule has 0 aliphatic carbocycles. The number of aromatic nitrogens is 2. The van der Waals surface area contributed by atoms with Gasteiger partial charge in [-0.25, -0.2) is 4.98 Å². The normalized spacial score (nSPS) is 12.4. The molecule has 0 spiro atoms. The number of aliphatic hydroxyl groups excluding tert-OH is 1. The number of rotatable bonds is 6. The van der Waals surface area contributed by atoms with Crippen LogP contribution in [0.4, 0.5) is 0 Å². The number of nitrogens with zero attached hydrogens (tertiary/aromatic N) is 2. The van der Waals surface area contributed by atoms with Gasteiger partial charge < -0.3 is 14.4 Å². The van der Waals surface area contributed by atoms with E-state index < -0.39 is 0 Å². The van der Waals surface area contributed by atoms with Crippen LogP contribution in [0.2, 0.25) is 0 Å². The highest BCUT2D eigenvalue weighted by molar-refractivity contribution is 5.27. The molecule has 0 saturated carbocycles. The van der Waals surface area contributed by atoms with E-state index in [1.165, 1.54) is 0 Å². The number of aryl methyl sites for hydroxylation is 1. The number of imidazole rings is 1. The average Bonchev–Trinajstić information content (AvgIpc) is 2.77. The van der Waals surface area contributed by atoms with Crippen molar-refractivity contribution < 1.29 is 9.84 Å². The zero-order valence-electron chi connectivity index (χ0n) is 11.4. The Morgan fingerprint density at radius 3 is 2.63 bits per heavy atom. The molecular formula is C15H20N2O2. The summed E-state index contributed by atoms with van der Waals surface area (Å²) in [6.07, 6.45) is 4.88. The van der Waals surface area contributed by atoms with Crippen LogP contribution in [0.15, 0.2) is 36.7 Å². The summed E-state index contributed by atoms with van der Waals surface area (Å²) in [4.78, 5) is 4.25. The van der Waals surface area contributed by atoms with Crippen LogP contribution in [0.1, 0.15) is 18.3 Å². The summed E-state index contributed by atoms with van der Waals surface area (Å²) < 4.78 is 7.67. The summed E-state index contributed by atoms with van der Waals surface area (Å²) in [5.74, 6) is 1.87. The summed E-state index contributed by atoms with van der Waals surface area (Å²) in [6.45, 7) is 2.40. The zero-order valence-corrected chi connectivity index (χ0v) is 11.4. The van der Waals surface area contributed by atoms with Gasteiger partial charge in [-0.3, -0.25) is 0 Å². The molecule has 1 heterocycles. The molecule has 2 rings (SSSR count).